The predicted molar refractivity (Wildman–Crippen MR) is 96.2 cm³/mol. The van der Waals surface area contributed by atoms with Crippen LogP contribution < -0.4 is 10.6 Å². The maximum atomic E-state index is 12.8. The molecule has 1 aliphatic rings. The van der Waals surface area contributed by atoms with Crippen LogP contribution in [0.15, 0.2) is 4.99 Å². The van der Waals surface area contributed by atoms with E-state index >= 15 is 0 Å². The van der Waals surface area contributed by atoms with Gasteiger partial charge in [0.15, 0.2) is 5.96 Å². The van der Waals surface area contributed by atoms with E-state index < -0.39 is 12.1 Å². The van der Waals surface area contributed by atoms with E-state index in [0.717, 1.165) is 23.7 Å². The Morgan fingerprint density at radius 1 is 1.24 bits per heavy atom. The van der Waals surface area contributed by atoms with Crippen molar-refractivity contribution in [2.24, 2.45) is 10.9 Å². The number of rotatable bonds is 5. The van der Waals surface area contributed by atoms with Gasteiger partial charge >= 0.3 is 6.18 Å². The number of nitrogens with zero attached hydrogens (tertiary/aromatic N) is 2. The van der Waals surface area contributed by atoms with Crippen molar-refractivity contribution in [3.8, 4) is 0 Å². The fourth-order valence-electron chi connectivity index (χ4n) is 3.15. The molecule has 1 aromatic rings. The topological polar surface area (TPSA) is 49.3 Å². The summed E-state index contributed by atoms with van der Waals surface area (Å²) in [5, 5.41) is 7.53. The Morgan fingerprint density at radius 2 is 1.92 bits per heavy atom. The summed E-state index contributed by atoms with van der Waals surface area (Å²) in [5.41, 5.74) is 1.06. The monoisotopic (exact) mass is 376 g/mol. The molecule has 0 radical (unpaired) electrons. The number of alkyl halides is 3. The Bertz CT molecular complexity index is 575. The lowest BCUT2D eigenvalue weighted by atomic mass is 9.85. The minimum Gasteiger partial charge on any atom is -0.357 e. The van der Waals surface area contributed by atoms with Crippen LogP contribution in [0.1, 0.15) is 48.2 Å². The van der Waals surface area contributed by atoms with Gasteiger partial charge in [0.25, 0.3) is 0 Å². The zero-order chi connectivity index (χ0) is 18.4. The third-order valence-corrected chi connectivity index (χ3v) is 5.62. The molecule has 2 rings (SSSR count). The first-order valence-corrected chi connectivity index (χ1v) is 9.65. The number of guanidine groups is 1. The van der Waals surface area contributed by atoms with Crippen LogP contribution in [0, 0.1) is 19.8 Å². The second kappa shape index (κ2) is 8.87. The van der Waals surface area contributed by atoms with E-state index in [1.54, 1.807) is 11.3 Å². The Hall–Kier alpha value is -1.31. The number of halogens is 3. The van der Waals surface area contributed by atoms with Gasteiger partial charge in [0, 0.05) is 30.4 Å². The normalized spacial score (nSPS) is 22.1. The molecule has 1 saturated carbocycles. The lowest BCUT2D eigenvalue weighted by Crippen LogP contribution is -2.45. The first-order chi connectivity index (χ1) is 11.8. The van der Waals surface area contributed by atoms with E-state index in [0.29, 0.717) is 25.3 Å². The van der Waals surface area contributed by atoms with E-state index in [1.165, 1.54) is 4.88 Å². The van der Waals surface area contributed by atoms with Gasteiger partial charge in [-0.1, -0.05) is 0 Å². The minimum absolute atomic E-state index is 0.0591. The van der Waals surface area contributed by atoms with Gasteiger partial charge in [-0.2, -0.15) is 13.2 Å². The molecule has 8 heteroatoms. The molecule has 142 valence electrons. The number of aliphatic imine (C=N–C) groups is 1. The highest BCUT2D eigenvalue weighted by molar-refractivity contribution is 7.11. The summed E-state index contributed by atoms with van der Waals surface area (Å²) in [5.74, 6) is -0.459. The molecule has 1 aliphatic carbocycles. The number of aryl methyl sites for hydroxylation is 2. The first-order valence-electron chi connectivity index (χ1n) is 8.84. The van der Waals surface area contributed by atoms with Crippen molar-refractivity contribution in [3.63, 3.8) is 0 Å². The summed E-state index contributed by atoms with van der Waals surface area (Å²) in [7, 11) is 0. The molecule has 1 fully saturated rings. The molecule has 0 aromatic carbocycles. The Morgan fingerprint density at radius 3 is 2.44 bits per heavy atom. The molecular weight excluding hydrogens is 349 g/mol. The van der Waals surface area contributed by atoms with Crippen LogP contribution >= 0.6 is 11.3 Å². The molecule has 0 atom stereocenters. The van der Waals surface area contributed by atoms with Crippen LogP contribution in [-0.2, 0) is 6.42 Å². The van der Waals surface area contributed by atoms with E-state index in [4.69, 9.17) is 0 Å². The maximum Gasteiger partial charge on any atom is 0.391 e. The van der Waals surface area contributed by atoms with Crippen molar-refractivity contribution in [1.82, 2.24) is 15.6 Å². The van der Waals surface area contributed by atoms with Gasteiger partial charge in [-0.15, -0.1) is 11.3 Å². The minimum atomic E-state index is -4.06. The summed E-state index contributed by atoms with van der Waals surface area (Å²) in [6, 6.07) is 0.0591. The maximum absolute atomic E-state index is 12.8. The van der Waals surface area contributed by atoms with Crippen molar-refractivity contribution in [2.45, 2.75) is 65.1 Å². The molecule has 0 unspecified atom stereocenters. The lowest BCUT2D eigenvalue weighted by Gasteiger charge is -2.31. The molecule has 25 heavy (non-hydrogen) atoms. The number of thiazole rings is 1. The molecule has 0 bridgehead atoms. The summed E-state index contributed by atoms with van der Waals surface area (Å²) in [6.07, 6.45) is -1.79. The summed E-state index contributed by atoms with van der Waals surface area (Å²) >= 11 is 1.69. The largest absolute Gasteiger partial charge is 0.391 e. The van der Waals surface area contributed by atoms with Crippen molar-refractivity contribution >= 4 is 17.3 Å². The second-order valence-electron chi connectivity index (χ2n) is 6.49. The van der Waals surface area contributed by atoms with Crippen LogP contribution in [0.3, 0.4) is 0 Å². The van der Waals surface area contributed by atoms with E-state index in [1.807, 2.05) is 20.8 Å². The predicted octanol–water partition coefficient (Wildman–Crippen LogP) is 3.98. The van der Waals surface area contributed by atoms with E-state index in [9.17, 15) is 13.2 Å². The van der Waals surface area contributed by atoms with E-state index in [-0.39, 0.29) is 18.9 Å². The first kappa shape index (κ1) is 20.0. The molecular formula is C17H27F3N4S. The van der Waals surface area contributed by atoms with Crippen LogP contribution in [0.5, 0.6) is 0 Å². The molecule has 2 N–H and O–H groups in total. The smallest absolute Gasteiger partial charge is 0.357 e. The highest BCUT2D eigenvalue weighted by Gasteiger charge is 2.41. The van der Waals surface area contributed by atoms with Gasteiger partial charge in [0.2, 0.25) is 0 Å². The van der Waals surface area contributed by atoms with Gasteiger partial charge in [0.1, 0.15) is 0 Å². The number of hydrogen-bond acceptors (Lipinski definition) is 3. The molecule has 0 aliphatic heterocycles. The molecule has 0 amide bonds. The Kier molecular flexibility index (Phi) is 7.10. The lowest BCUT2D eigenvalue weighted by molar-refractivity contribution is -0.182. The SMILES string of the molecule is CCNC(=NCCc1sc(C)nc1C)NC1CCC(C(F)(F)F)CC1. The zero-order valence-electron chi connectivity index (χ0n) is 15.0. The molecule has 0 saturated heterocycles. The average molecular weight is 376 g/mol. The van der Waals surface area contributed by atoms with Gasteiger partial charge < -0.3 is 10.6 Å². The highest BCUT2D eigenvalue weighted by atomic mass is 32.1. The van der Waals surface area contributed by atoms with Crippen molar-refractivity contribution in [3.05, 3.63) is 15.6 Å². The van der Waals surface area contributed by atoms with Gasteiger partial charge in [-0.3, -0.25) is 4.99 Å². The van der Waals surface area contributed by atoms with Crippen LogP contribution in [0.4, 0.5) is 13.2 Å². The number of aromatic nitrogens is 1. The average Bonchev–Trinajstić information content (AvgIpc) is 2.85. The van der Waals surface area contributed by atoms with Crippen molar-refractivity contribution in [1.29, 1.82) is 0 Å². The third kappa shape index (κ3) is 6.17. The summed E-state index contributed by atoms with van der Waals surface area (Å²) in [4.78, 5) is 10.2. The Labute approximate surface area is 151 Å². The summed E-state index contributed by atoms with van der Waals surface area (Å²) < 4.78 is 38.3. The quantitative estimate of drug-likeness (QED) is 0.604. The zero-order valence-corrected chi connectivity index (χ0v) is 15.9. The van der Waals surface area contributed by atoms with Gasteiger partial charge in [-0.05, 0) is 46.5 Å². The van der Waals surface area contributed by atoms with Crippen molar-refractivity contribution in [2.75, 3.05) is 13.1 Å². The van der Waals surface area contributed by atoms with Crippen LogP contribution in [0.2, 0.25) is 0 Å². The third-order valence-electron chi connectivity index (χ3n) is 4.48. The van der Waals surface area contributed by atoms with Gasteiger partial charge in [0.05, 0.1) is 16.6 Å². The molecule has 4 nitrogen and oxygen atoms in total. The van der Waals surface area contributed by atoms with Gasteiger partial charge in [-0.25, -0.2) is 4.98 Å². The standard InChI is InChI=1S/C17H27F3N4S/c1-4-21-16(22-10-9-15-11(2)23-12(3)25-15)24-14-7-5-13(6-8-14)17(18,19)20/h13-14H,4-10H2,1-3H3,(H2,21,22,24). The highest BCUT2D eigenvalue weighted by Crippen LogP contribution is 2.37. The fourth-order valence-corrected chi connectivity index (χ4v) is 4.08. The van der Waals surface area contributed by atoms with Crippen LogP contribution in [0.25, 0.3) is 0 Å². The molecule has 1 heterocycles. The van der Waals surface area contributed by atoms with E-state index in [2.05, 4.69) is 20.6 Å². The Balaban J connectivity index is 1.85. The van der Waals surface area contributed by atoms with Crippen LogP contribution in [-0.4, -0.2) is 36.3 Å². The molecule has 1 aromatic heterocycles. The number of hydrogen-bond donors (Lipinski definition) is 2. The second-order valence-corrected chi connectivity index (χ2v) is 7.77. The van der Waals surface area contributed by atoms with Crippen molar-refractivity contribution < 1.29 is 13.2 Å². The fraction of sp³-hybridized carbons (Fsp3) is 0.765. The molecule has 0 spiro atoms. The number of nitrogens with one attached hydrogen (secondary N) is 2. The summed E-state index contributed by atoms with van der Waals surface area (Å²) in [6.45, 7) is 7.34.